The molecule has 0 aromatic carbocycles. The molecule has 0 saturated carbocycles. The van der Waals surface area contributed by atoms with Crippen molar-refractivity contribution in [2.75, 3.05) is 0 Å². The van der Waals surface area contributed by atoms with Gasteiger partial charge < -0.3 is 0 Å². The van der Waals surface area contributed by atoms with Crippen LogP contribution in [0.1, 0.15) is 0 Å². The Bertz CT molecular complexity index is 8.00. The molecule has 0 bridgehead atoms. The van der Waals surface area contributed by atoms with E-state index < -0.39 is 0 Å². The molecule has 0 spiro atoms. The Morgan fingerprint density at radius 2 is 1.25 bits per heavy atom. The average molecular weight is 127 g/mol. The Morgan fingerprint density at radius 3 is 1.25 bits per heavy atom. The molecule has 0 aromatic rings. The monoisotopic (exact) mass is 127 g/mol. The van der Waals surface area contributed by atoms with Gasteiger partial charge in [-0.3, -0.25) is 0 Å². The van der Waals surface area contributed by atoms with E-state index in [0.29, 0.717) is 16.2 Å². The number of hydrogen-bond acceptors (Lipinski definition) is 1. The van der Waals surface area contributed by atoms with Crippen molar-refractivity contribution >= 4 is 45.8 Å². The van der Waals surface area contributed by atoms with Crippen LogP contribution in [0.5, 0.6) is 0 Å². The summed E-state index contributed by atoms with van der Waals surface area (Å²) in [6, 6.07) is 0. The van der Waals surface area contributed by atoms with E-state index in [0.717, 1.165) is 0 Å². The van der Waals surface area contributed by atoms with Crippen LogP contribution in [0.25, 0.3) is 0 Å². The maximum atomic E-state index is 8.28. The zero-order valence-electron chi connectivity index (χ0n) is 1.45. The summed E-state index contributed by atoms with van der Waals surface area (Å²) in [7, 11) is 0. The molecule has 4 heteroatoms. The zero-order valence-corrected chi connectivity index (χ0v) is 3.90. The van der Waals surface area contributed by atoms with Crippen LogP contribution >= 0.6 is 0 Å². The van der Waals surface area contributed by atoms with E-state index in [9.17, 15) is 0 Å². The summed E-state index contributed by atoms with van der Waals surface area (Å²) < 4.78 is 8.28. The first-order valence-corrected chi connectivity index (χ1v) is 0.866. The predicted octanol–water partition coefficient (Wildman–Crippen LogP) is -1.42. The molecule has 1 radical (unpaired) electrons. The molecule has 0 heterocycles. The molecule has 0 aliphatic heterocycles. The normalized spacial score (nSPS) is 0.750. The Morgan fingerprint density at radius 1 is 1.25 bits per heavy atom. The zero-order chi connectivity index (χ0) is 2.00. The van der Waals surface area contributed by atoms with E-state index in [2.05, 4.69) is 0 Å². The van der Waals surface area contributed by atoms with Crippen molar-refractivity contribution in [2.24, 2.45) is 0 Å². The van der Waals surface area contributed by atoms with Crippen LogP contribution in [-0.2, 0) is 20.6 Å². The van der Waals surface area contributed by atoms with E-state index >= 15 is 0 Å². The summed E-state index contributed by atoms with van der Waals surface area (Å²) >= 11 is 0.611. The molecule has 0 saturated heterocycles. The molecule has 0 unspecified atom stereocenters. The molecular weight excluding hydrogens is 125 g/mol. The van der Waals surface area contributed by atoms with Crippen LogP contribution in [-0.4, -0.2) is 45.8 Å². The van der Waals surface area contributed by atoms with Gasteiger partial charge in [0.1, 0.15) is 0 Å². The second kappa shape index (κ2) is 21.1. The van der Waals surface area contributed by atoms with Gasteiger partial charge in [0.2, 0.25) is 0 Å². The maximum absolute atomic E-state index is 8.28. The van der Waals surface area contributed by atoms with Gasteiger partial charge in [-0.2, -0.15) is 0 Å². The Hall–Kier alpha value is 1.84. The van der Waals surface area contributed by atoms with E-state index in [1.165, 1.54) is 0 Å². The molecule has 0 N–H and O–H groups in total. The average Bonchev–Trinajstić information content (AvgIpc) is 1.00. The van der Waals surface area contributed by atoms with Crippen LogP contribution in [0.3, 0.4) is 0 Å². The minimum absolute atomic E-state index is 0. The topological polar surface area (TPSA) is 17.1 Å². The Balaban J connectivity index is -0.00000000500. The Kier molecular flexibility index (Phi) is 89.4. The van der Waals surface area contributed by atoms with Crippen molar-refractivity contribution in [1.29, 1.82) is 0 Å². The first-order valence-electron chi connectivity index (χ1n) is 0.289. The second-order valence-corrected chi connectivity index (χ2v) is 0. The molecule has 0 fully saturated rings. The SMILES string of the molecule is [Co].[NaH].[O]=[AlH]. The standard InChI is InChI=1S/Al.Co.Na.O.2H. The molecule has 21 valence electrons. The first-order chi connectivity index (χ1) is 1.00. The molecule has 0 rings (SSSR count). The van der Waals surface area contributed by atoms with Crippen molar-refractivity contribution in [2.45, 2.75) is 0 Å². The van der Waals surface area contributed by atoms with Gasteiger partial charge >= 0.3 is 49.6 Å². The van der Waals surface area contributed by atoms with Crippen molar-refractivity contribution in [3.05, 3.63) is 0 Å². The van der Waals surface area contributed by atoms with Crippen LogP contribution in [0, 0.1) is 0 Å². The first kappa shape index (κ1) is 17.0. The van der Waals surface area contributed by atoms with Crippen LogP contribution in [0.2, 0.25) is 0 Å². The van der Waals surface area contributed by atoms with Gasteiger partial charge in [-0.1, -0.05) is 0 Å². The third kappa shape index (κ3) is 9.15. The summed E-state index contributed by atoms with van der Waals surface area (Å²) in [6.07, 6.45) is 0. The van der Waals surface area contributed by atoms with Gasteiger partial charge in [0.25, 0.3) is 0 Å². The van der Waals surface area contributed by atoms with Crippen molar-refractivity contribution < 1.29 is 20.6 Å². The van der Waals surface area contributed by atoms with Gasteiger partial charge in [0, 0.05) is 16.8 Å². The fourth-order valence-corrected chi connectivity index (χ4v) is 0. The summed E-state index contributed by atoms with van der Waals surface area (Å²) in [6.45, 7) is 0. The van der Waals surface area contributed by atoms with E-state index in [1.807, 2.05) is 0 Å². The van der Waals surface area contributed by atoms with Gasteiger partial charge in [-0.25, -0.2) is 0 Å². The molecule has 0 amide bonds. The fraction of sp³-hybridized carbons (Fsp3) is 0. The summed E-state index contributed by atoms with van der Waals surface area (Å²) in [4.78, 5) is 0. The van der Waals surface area contributed by atoms with E-state index in [4.69, 9.17) is 3.80 Å². The minimum atomic E-state index is 0. The number of hydrogen-bond donors (Lipinski definition) is 0. The van der Waals surface area contributed by atoms with Crippen LogP contribution in [0.4, 0.5) is 0 Å². The third-order valence-electron chi connectivity index (χ3n) is 0. The molecule has 0 aliphatic rings. The predicted molar refractivity (Wildman–Crippen MR) is 15.0 cm³/mol. The molecule has 4 heavy (non-hydrogen) atoms. The van der Waals surface area contributed by atoms with E-state index in [1.54, 1.807) is 0 Å². The molecule has 0 atom stereocenters. The van der Waals surface area contributed by atoms with Gasteiger partial charge in [-0.15, -0.1) is 0 Å². The summed E-state index contributed by atoms with van der Waals surface area (Å²) in [5, 5.41) is 0. The van der Waals surface area contributed by atoms with Crippen molar-refractivity contribution in [3.8, 4) is 0 Å². The second-order valence-electron chi connectivity index (χ2n) is 0. The molecular formula is H2AlCoNaO. The molecule has 0 aromatic heterocycles. The van der Waals surface area contributed by atoms with Gasteiger partial charge in [0.05, 0.1) is 0 Å². The fourth-order valence-electron chi connectivity index (χ4n) is 0. The Labute approximate surface area is 65.6 Å². The van der Waals surface area contributed by atoms with Crippen LogP contribution in [0.15, 0.2) is 0 Å². The van der Waals surface area contributed by atoms with Crippen LogP contribution < -0.4 is 0 Å². The van der Waals surface area contributed by atoms with Crippen molar-refractivity contribution in [1.82, 2.24) is 0 Å². The quantitative estimate of drug-likeness (QED) is 0.365. The molecule has 0 aliphatic carbocycles. The number of rotatable bonds is 0. The summed E-state index contributed by atoms with van der Waals surface area (Å²) in [5.41, 5.74) is 0. The van der Waals surface area contributed by atoms with E-state index in [-0.39, 0.29) is 46.3 Å². The summed E-state index contributed by atoms with van der Waals surface area (Å²) in [5.74, 6) is 0. The van der Waals surface area contributed by atoms with Gasteiger partial charge in [0.15, 0.2) is 0 Å². The van der Waals surface area contributed by atoms with Gasteiger partial charge in [-0.05, 0) is 0 Å². The third-order valence-corrected chi connectivity index (χ3v) is 0. The molecule has 1 nitrogen and oxygen atoms in total. The van der Waals surface area contributed by atoms with Crippen molar-refractivity contribution in [3.63, 3.8) is 0 Å².